The first-order valence-electron chi connectivity index (χ1n) is 11.4. The molecule has 4 aromatic rings. The number of carbonyl (C=O) groups excluding carboxylic acids is 1. The van der Waals surface area contributed by atoms with Crippen molar-refractivity contribution in [2.24, 2.45) is 5.10 Å². The molecule has 0 radical (unpaired) electrons. The molecule has 1 aliphatic heterocycles. The number of rotatable bonds is 7. The fourth-order valence-electron chi connectivity index (χ4n) is 4.03. The summed E-state index contributed by atoms with van der Waals surface area (Å²) in [5.41, 5.74) is 9.75. The van der Waals surface area contributed by atoms with Gasteiger partial charge in [-0.05, 0) is 61.7 Å². The maximum Gasteiger partial charge on any atom is 0.257 e. The quantitative estimate of drug-likeness (QED) is 0.410. The number of nitrogens with two attached hydrogens (primary N) is 1. The average Bonchev–Trinajstić information content (AvgIpc) is 3.46. The molecule has 9 heteroatoms. The van der Waals surface area contributed by atoms with Crippen LogP contribution in [0, 0.1) is 0 Å². The Bertz CT molecular complexity index is 1360. The Morgan fingerprint density at radius 2 is 2.00 bits per heavy atom. The van der Waals surface area contributed by atoms with Crippen LogP contribution < -0.4 is 15.8 Å². The molecule has 34 heavy (non-hydrogen) atoms. The van der Waals surface area contributed by atoms with E-state index < -0.39 is 0 Å². The minimum Gasteiger partial charge on any atom is -0.494 e. The van der Waals surface area contributed by atoms with Gasteiger partial charge in [0.15, 0.2) is 5.65 Å². The number of ether oxygens (including phenoxy) is 2. The molecular formula is C25H26N6O3. The van der Waals surface area contributed by atoms with Crippen molar-refractivity contribution < 1.29 is 14.3 Å². The topological polar surface area (TPSA) is 117 Å². The molecule has 9 nitrogen and oxygen atoms in total. The molecule has 0 bridgehead atoms. The highest BCUT2D eigenvalue weighted by atomic mass is 16.5. The van der Waals surface area contributed by atoms with Crippen LogP contribution in [0.5, 0.6) is 5.75 Å². The predicted octanol–water partition coefficient (Wildman–Crippen LogP) is 3.36. The highest BCUT2D eigenvalue weighted by Gasteiger charge is 2.25. The van der Waals surface area contributed by atoms with Gasteiger partial charge in [-0.3, -0.25) is 4.79 Å². The molecule has 1 atom stereocenters. The van der Waals surface area contributed by atoms with Crippen LogP contribution in [0.1, 0.15) is 35.7 Å². The lowest BCUT2D eigenvalue weighted by atomic mass is 10.2. The summed E-state index contributed by atoms with van der Waals surface area (Å²) in [4.78, 5) is 22.6. The Hall–Kier alpha value is -3.98. The van der Waals surface area contributed by atoms with Gasteiger partial charge < -0.3 is 20.5 Å². The molecule has 174 valence electrons. The summed E-state index contributed by atoms with van der Waals surface area (Å²) in [6.45, 7) is 3.68. The Morgan fingerprint density at radius 1 is 1.24 bits per heavy atom. The van der Waals surface area contributed by atoms with Crippen molar-refractivity contribution in [2.45, 2.75) is 25.9 Å². The SMILES string of the molecule is CCOc1ccc(/C=N\n2c(N)c(C(=O)NC[C@H]3CCCO3)c3nc4ccccc4nc32)cc1. The second-order valence-electron chi connectivity index (χ2n) is 8.05. The zero-order valence-corrected chi connectivity index (χ0v) is 18.9. The number of aromatic nitrogens is 3. The van der Waals surface area contributed by atoms with Gasteiger partial charge in [0.2, 0.25) is 0 Å². The number of nitrogens with one attached hydrogen (secondary N) is 1. The number of nitrogens with zero attached hydrogens (tertiary/aromatic N) is 4. The number of amides is 1. The minimum absolute atomic E-state index is 0.0168. The first-order chi connectivity index (χ1) is 16.6. The van der Waals surface area contributed by atoms with Gasteiger partial charge in [0, 0.05) is 13.2 Å². The zero-order chi connectivity index (χ0) is 23.5. The van der Waals surface area contributed by atoms with E-state index in [0.717, 1.165) is 30.8 Å². The van der Waals surface area contributed by atoms with E-state index in [-0.39, 0.29) is 23.4 Å². The van der Waals surface area contributed by atoms with E-state index in [4.69, 9.17) is 25.2 Å². The molecule has 0 unspecified atom stereocenters. The van der Waals surface area contributed by atoms with E-state index in [1.807, 2.05) is 55.5 Å². The molecule has 3 N–H and O–H groups in total. The number of hydrogen-bond donors (Lipinski definition) is 2. The highest BCUT2D eigenvalue weighted by molar-refractivity contribution is 6.10. The first-order valence-corrected chi connectivity index (χ1v) is 11.4. The number of fused-ring (bicyclic) bond motifs is 2. The van der Waals surface area contributed by atoms with E-state index in [9.17, 15) is 4.79 Å². The molecule has 2 aromatic carbocycles. The second kappa shape index (κ2) is 9.48. The number of nitrogen functional groups attached to an aromatic ring is 1. The summed E-state index contributed by atoms with van der Waals surface area (Å²) in [6, 6.07) is 15.0. The lowest BCUT2D eigenvalue weighted by Crippen LogP contribution is -2.32. The number of para-hydroxylation sites is 2. The third-order valence-corrected chi connectivity index (χ3v) is 5.73. The Balaban J connectivity index is 1.54. The van der Waals surface area contributed by atoms with Gasteiger partial charge in [0.05, 0.1) is 30.0 Å². The summed E-state index contributed by atoms with van der Waals surface area (Å²) in [7, 11) is 0. The van der Waals surface area contributed by atoms with Gasteiger partial charge in [-0.2, -0.15) is 9.78 Å². The van der Waals surface area contributed by atoms with E-state index in [0.29, 0.717) is 35.3 Å². The summed E-state index contributed by atoms with van der Waals surface area (Å²) in [5, 5.41) is 7.48. The van der Waals surface area contributed by atoms with Crippen molar-refractivity contribution in [3.63, 3.8) is 0 Å². The summed E-state index contributed by atoms with van der Waals surface area (Å²) in [5.74, 6) is 0.642. The van der Waals surface area contributed by atoms with Gasteiger partial charge in [-0.25, -0.2) is 9.97 Å². The van der Waals surface area contributed by atoms with Gasteiger partial charge in [-0.15, -0.1) is 0 Å². The van der Waals surface area contributed by atoms with Crippen LogP contribution in [0.3, 0.4) is 0 Å². The van der Waals surface area contributed by atoms with Gasteiger partial charge in [0.1, 0.15) is 22.6 Å². The van der Waals surface area contributed by atoms with Crippen LogP contribution in [0.2, 0.25) is 0 Å². The molecule has 0 spiro atoms. The van der Waals surface area contributed by atoms with Crippen molar-refractivity contribution in [1.82, 2.24) is 20.0 Å². The Kier molecular flexibility index (Phi) is 6.09. The third-order valence-electron chi connectivity index (χ3n) is 5.73. The van der Waals surface area contributed by atoms with Crippen molar-refractivity contribution in [2.75, 3.05) is 25.5 Å². The molecule has 3 heterocycles. The standard InChI is InChI=1S/C25H26N6O3/c1-2-33-17-11-9-16(10-12-17)14-28-31-23(26)21(25(32)27-15-18-6-5-13-34-18)22-24(31)30-20-8-4-3-7-19(20)29-22/h3-4,7-12,14,18H,2,5-6,13,15,26H2,1H3,(H,27,32)/b28-14-/t18-/m1/s1. The number of anilines is 1. The highest BCUT2D eigenvalue weighted by Crippen LogP contribution is 2.28. The molecule has 2 aromatic heterocycles. The van der Waals surface area contributed by atoms with Gasteiger partial charge >= 0.3 is 0 Å². The van der Waals surface area contributed by atoms with Crippen LogP contribution in [0.15, 0.2) is 53.6 Å². The fraction of sp³-hybridized carbons (Fsp3) is 0.280. The average molecular weight is 459 g/mol. The molecule has 1 aliphatic rings. The van der Waals surface area contributed by atoms with Crippen molar-refractivity contribution in [3.8, 4) is 5.75 Å². The van der Waals surface area contributed by atoms with Gasteiger partial charge in [-0.1, -0.05) is 12.1 Å². The van der Waals surface area contributed by atoms with Crippen molar-refractivity contribution in [1.29, 1.82) is 0 Å². The fourth-order valence-corrected chi connectivity index (χ4v) is 4.03. The number of benzene rings is 2. The largest absolute Gasteiger partial charge is 0.494 e. The number of hydrogen-bond acceptors (Lipinski definition) is 7. The lowest BCUT2D eigenvalue weighted by molar-refractivity contribution is 0.0859. The van der Waals surface area contributed by atoms with E-state index >= 15 is 0 Å². The van der Waals surface area contributed by atoms with Crippen LogP contribution in [0.25, 0.3) is 22.2 Å². The Morgan fingerprint density at radius 3 is 2.71 bits per heavy atom. The first kappa shape index (κ1) is 21.8. The summed E-state index contributed by atoms with van der Waals surface area (Å²) < 4.78 is 12.6. The summed E-state index contributed by atoms with van der Waals surface area (Å²) >= 11 is 0. The van der Waals surface area contributed by atoms with Crippen LogP contribution in [-0.2, 0) is 4.74 Å². The maximum absolute atomic E-state index is 13.2. The lowest BCUT2D eigenvalue weighted by Gasteiger charge is -2.10. The van der Waals surface area contributed by atoms with E-state index in [1.165, 1.54) is 4.68 Å². The van der Waals surface area contributed by atoms with Crippen LogP contribution >= 0.6 is 0 Å². The summed E-state index contributed by atoms with van der Waals surface area (Å²) in [6.07, 6.45) is 3.60. The molecule has 1 saturated heterocycles. The van der Waals surface area contributed by atoms with Crippen LogP contribution in [-0.4, -0.2) is 52.6 Å². The van der Waals surface area contributed by atoms with Gasteiger partial charge in [0.25, 0.3) is 5.91 Å². The Labute approximate surface area is 196 Å². The molecule has 0 saturated carbocycles. The predicted molar refractivity (Wildman–Crippen MR) is 131 cm³/mol. The van der Waals surface area contributed by atoms with E-state index in [2.05, 4.69) is 10.4 Å². The second-order valence-corrected chi connectivity index (χ2v) is 8.05. The molecular weight excluding hydrogens is 432 g/mol. The molecule has 5 rings (SSSR count). The molecule has 0 aliphatic carbocycles. The van der Waals surface area contributed by atoms with Crippen molar-refractivity contribution >= 4 is 40.1 Å². The normalized spacial score (nSPS) is 16.0. The maximum atomic E-state index is 13.2. The third kappa shape index (κ3) is 4.29. The monoisotopic (exact) mass is 458 g/mol. The number of carbonyl (C=O) groups is 1. The van der Waals surface area contributed by atoms with Crippen molar-refractivity contribution in [3.05, 3.63) is 59.7 Å². The molecule has 1 fully saturated rings. The smallest absolute Gasteiger partial charge is 0.257 e. The van der Waals surface area contributed by atoms with E-state index in [1.54, 1.807) is 6.21 Å². The molecule has 1 amide bonds. The van der Waals surface area contributed by atoms with Crippen LogP contribution in [0.4, 0.5) is 5.82 Å². The minimum atomic E-state index is -0.322. The zero-order valence-electron chi connectivity index (χ0n) is 18.9.